The third kappa shape index (κ3) is 7.08. The second-order valence-electron chi connectivity index (χ2n) is 7.12. The maximum atomic E-state index is 3.76. The molecule has 1 aliphatic rings. The number of hydrogen-bond donors (Lipinski definition) is 1. The maximum Gasteiger partial charge on any atom is 0.00672 e. The molecule has 0 spiro atoms. The van der Waals surface area contributed by atoms with E-state index in [4.69, 9.17) is 0 Å². The summed E-state index contributed by atoms with van der Waals surface area (Å²) in [5.41, 5.74) is 0.500. The van der Waals surface area contributed by atoms with E-state index in [1.54, 1.807) is 0 Å². The highest BCUT2D eigenvalue weighted by Gasteiger charge is 2.19. The molecule has 0 radical (unpaired) electrons. The van der Waals surface area contributed by atoms with E-state index >= 15 is 0 Å². The van der Waals surface area contributed by atoms with Crippen molar-refractivity contribution in [3.8, 4) is 0 Å². The maximum absolute atomic E-state index is 3.76. The van der Waals surface area contributed by atoms with Gasteiger partial charge < -0.3 is 5.32 Å². The van der Waals surface area contributed by atoms with Gasteiger partial charge in [-0.15, -0.1) is 0 Å². The Balaban J connectivity index is 2.02. The Morgan fingerprint density at radius 2 is 1.71 bits per heavy atom. The lowest BCUT2D eigenvalue weighted by molar-refractivity contribution is 0.273. The van der Waals surface area contributed by atoms with E-state index in [2.05, 4.69) is 33.0 Å². The zero-order valence-electron chi connectivity index (χ0n) is 12.5. The lowest BCUT2D eigenvalue weighted by Crippen LogP contribution is -2.34. The van der Waals surface area contributed by atoms with E-state index in [9.17, 15) is 0 Å². The van der Waals surface area contributed by atoms with Crippen molar-refractivity contribution in [2.75, 3.05) is 6.54 Å². The summed E-state index contributed by atoms with van der Waals surface area (Å²) < 4.78 is 0. The van der Waals surface area contributed by atoms with Crippen LogP contribution in [0, 0.1) is 11.3 Å². The number of nitrogens with one attached hydrogen (secondary N) is 1. The van der Waals surface area contributed by atoms with Crippen molar-refractivity contribution >= 4 is 0 Å². The highest BCUT2D eigenvalue weighted by atomic mass is 14.9. The van der Waals surface area contributed by atoms with Crippen molar-refractivity contribution < 1.29 is 0 Å². The molecule has 0 amide bonds. The molecule has 0 heterocycles. The zero-order valence-corrected chi connectivity index (χ0v) is 12.5. The molecule has 0 aromatic heterocycles. The van der Waals surface area contributed by atoms with Gasteiger partial charge in [0.15, 0.2) is 0 Å². The van der Waals surface area contributed by atoms with E-state index in [0.29, 0.717) is 5.41 Å². The van der Waals surface area contributed by atoms with E-state index < -0.39 is 0 Å². The number of hydrogen-bond acceptors (Lipinski definition) is 1. The van der Waals surface area contributed by atoms with Crippen molar-refractivity contribution in [1.82, 2.24) is 5.32 Å². The minimum absolute atomic E-state index is 0.500. The third-order valence-electron chi connectivity index (χ3n) is 4.08. The van der Waals surface area contributed by atoms with Gasteiger partial charge >= 0.3 is 0 Å². The molecule has 1 fully saturated rings. The zero-order chi connectivity index (χ0) is 12.7. The summed E-state index contributed by atoms with van der Waals surface area (Å²) in [7, 11) is 0. The minimum atomic E-state index is 0.500. The standard InChI is InChI=1S/C16H33N/c1-5-7-14-8-10-15(11-9-14)17-13-6-12-16(2,3)4/h14-15,17H,5-13H2,1-4H3. The molecular formula is C16H33N. The van der Waals surface area contributed by atoms with Gasteiger partial charge in [-0.2, -0.15) is 0 Å². The first kappa shape index (κ1) is 15.0. The van der Waals surface area contributed by atoms with E-state index in [-0.39, 0.29) is 0 Å². The lowest BCUT2D eigenvalue weighted by Gasteiger charge is -2.29. The molecule has 1 nitrogen and oxygen atoms in total. The first-order chi connectivity index (χ1) is 8.01. The van der Waals surface area contributed by atoms with Gasteiger partial charge in [0.2, 0.25) is 0 Å². The van der Waals surface area contributed by atoms with Gasteiger partial charge in [-0.05, 0) is 56.4 Å². The largest absolute Gasteiger partial charge is 0.314 e. The van der Waals surface area contributed by atoms with E-state index in [1.807, 2.05) is 0 Å². The van der Waals surface area contributed by atoms with Gasteiger partial charge in [-0.25, -0.2) is 0 Å². The fourth-order valence-electron chi connectivity index (χ4n) is 2.99. The van der Waals surface area contributed by atoms with E-state index in [0.717, 1.165) is 12.0 Å². The lowest BCUT2D eigenvalue weighted by atomic mass is 9.83. The van der Waals surface area contributed by atoms with Crippen LogP contribution in [0.1, 0.15) is 79.1 Å². The highest BCUT2D eigenvalue weighted by Crippen LogP contribution is 2.27. The van der Waals surface area contributed by atoms with Crippen LogP contribution in [0.15, 0.2) is 0 Å². The van der Waals surface area contributed by atoms with Crippen LogP contribution in [0.25, 0.3) is 0 Å². The molecule has 0 aromatic rings. The van der Waals surface area contributed by atoms with Gasteiger partial charge in [0.25, 0.3) is 0 Å². The Morgan fingerprint density at radius 3 is 2.24 bits per heavy atom. The van der Waals surface area contributed by atoms with Crippen LogP contribution < -0.4 is 5.32 Å². The van der Waals surface area contributed by atoms with Crippen LogP contribution in [-0.4, -0.2) is 12.6 Å². The average Bonchev–Trinajstić information content (AvgIpc) is 2.26. The van der Waals surface area contributed by atoms with Gasteiger partial charge in [-0.1, -0.05) is 40.5 Å². The van der Waals surface area contributed by atoms with Gasteiger partial charge in [0.05, 0.1) is 0 Å². The molecule has 0 atom stereocenters. The third-order valence-corrected chi connectivity index (χ3v) is 4.08. The van der Waals surface area contributed by atoms with Crippen LogP contribution in [-0.2, 0) is 0 Å². The van der Waals surface area contributed by atoms with Crippen molar-refractivity contribution in [3.63, 3.8) is 0 Å². The van der Waals surface area contributed by atoms with Crippen molar-refractivity contribution in [2.24, 2.45) is 11.3 Å². The predicted molar refractivity (Wildman–Crippen MR) is 77.3 cm³/mol. The summed E-state index contributed by atoms with van der Waals surface area (Å²) in [5.74, 6) is 1.03. The monoisotopic (exact) mass is 239 g/mol. The Hall–Kier alpha value is -0.0400. The molecule has 1 heteroatoms. The quantitative estimate of drug-likeness (QED) is 0.659. The molecule has 0 bridgehead atoms. The van der Waals surface area contributed by atoms with Crippen molar-refractivity contribution in [2.45, 2.75) is 85.1 Å². The summed E-state index contributed by atoms with van der Waals surface area (Å²) >= 11 is 0. The summed E-state index contributed by atoms with van der Waals surface area (Å²) in [4.78, 5) is 0. The predicted octanol–water partition coefficient (Wildman–Crippen LogP) is 4.76. The Labute approximate surface area is 109 Å². The second kappa shape index (κ2) is 7.41. The first-order valence-electron chi connectivity index (χ1n) is 7.74. The first-order valence-corrected chi connectivity index (χ1v) is 7.74. The molecule has 0 saturated heterocycles. The fraction of sp³-hybridized carbons (Fsp3) is 1.00. The number of rotatable bonds is 6. The minimum Gasteiger partial charge on any atom is -0.314 e. The molecule has 0 unspecified atom stereocenters. The molecule has 1 N–H and O–H groups in total. The van der Waals surface area contributed by atoms with Crippen LogP contribution >= 0.6 is 0 Å². The van der Waals surface area contributed by atoms with Gasteiger partial charge in [-0.3, -0.25) is 0 Å². The summed E-state index contributed by atoms with van der Waals surface area (Å²) in [6.07, 6.45) is 11.3. The second-order valence-corrected chi connectivity index (χ2v) is 7.12. The Morgan fingerprint density at radius 1 is 1.06 bits per heavy atom. The molecule has 102 valence electrons. The van der Waals surface area contributed by atoms with Gasteiger partial charge in [0, 0.05) is 6.04 Å². The molecule has 1 saturated carbocycles. The average molecular weight is 239 g/mol. The topological polar surface area (TPSA) is 12.0 Å². The van der Waals surface area contributed by atoms with Crippen LogP contribution in [0.3, 0.4) is 0 Å². The summed E-state index contributed by atoms with van der Waals surface area (Å²) in [5, 5.41) is 3.76. The molecule has 0 aliphatic heterocycles. The van der Waals surface area contributed by atoms with Gasteiger partial charge in [0.1, 0.15) is 0 Å². The Kier molecular flexibility index (Phi) is 6.54. The smallest absolute Gasteiger partial charge is 0.00672 e. The highest BCUT2D eigenvalue weighted by molar-refractivity contribution is 4.77. The molecule has 17 heavy (non-hydrogen) atoms. The van der Waals surface area contributed by atoms with E-state index in [1.165, 1.54) is 57.9 Å². The summed E-state index contributed by atoms with van der Waals surface area (Å²) in [6.45, 7) is 10.5. The fourth-order valence-corrected chi connectivity index (χ4v) is 2.99. The normalized spacial score (nSPS) is 26.1. The van der Waals surface area contributed by atoms with Crippen LogP contribution in [0.4, 0.5) is 0 Å². The summed E-state index contributed by atoms with van der Waals surface area (Å²) in [6, 6.07) is 0.822. The van der Waals surface area contributed by atoms with Crippen LogP contribution in [0.2, 0.25) is 0 Å². The Bertz CT molecular complexity index is 184. The van der Waals surface area contributed by atoms with Crippen LogP contribution in [0.5, 0.6) is 0 Å². The molecule has 1 rings (SSSR count). The van der Waals surface area contributed by atoms with Crippen molar-refractivity contribution in [1.29, 1.82) is 0 Å². The van der Waals surface area contributed by atoms with Crippen molar-refractivity contribution in [3.05, 3.63) is 0 Å². The SMILES string of the molecule is CCCC1CCC(NCCCC(C)(C)C)CC1. The molecule has 1 aliphatic carbocycles. The molecular weight excluding hydrogens is 206 g/mol. The molecule has 0 aromatic carbocycles.